The predicted octanol–water partition coefficient (Wildman–Crippen LogP) is 7.53. The second kappa shape index (κ2) is 15.5. The molecule has 0 fully saturated rings. The number of nitrogens with zero attached hydrogens (tertiary/aromatic N) is 4. The maximum atomic E-state index is 15.3. The molecule has 0 atom stereocenters. The fraction of sp³-hybridized carbons (Fsp3) is 0.378. The number of halogens is 4. The van der Waals surface area contributed by atoms with Crippen LogP contribution in [0, 0.1) is 12.7 Å². The summed E-state index contributed by atoms with van der Waals surface area (Å²) in [6.45, 7) is -18.2. The Labute approximate surface area is 315 Å². The second-order valence-corrected chi connectivity index (χ2v) is 10.5. The van der Waals surface area contributed by atoms with E-state index in [1.807, 2.05) is 0 Å². The minimum Gasteiger partial charge on any atom is -0.336 e. The van der Waals surface area contributed by atoms with E-state index in [9.17, 15) is 30.6 Å². The van der Waals surface area contributed by atoms with Gasteiger partial charge in [0.25, 0.3) is 5.56 Å². The van der Waals surface area contributed by atoms with Crippen molar-refractivity contribution in [3.8, 4) is 11.1 Å². The molecule has 3 aromatic carbocycles. The number of hydrogen-bond acceptors (Lipinski definition) is 5. The zero-order valence-corrected chi connectivity index (χ0v) is 26.2. The summed E-state index contributed by atoms with van der Waals surface area (Å²) >= 11 is -0.333. The van der Waals surface area contributed by atoms with Crippen molar-refractivity contribution < 1.29 is 53.9 Å². The smallest absolute Gasteiger partial charge is 0.336 e. The minimum atomic E-state index is -5.30. The molecule has 0 unspecified atom stereocenters. The van der Waals surface area contributed by atoms with Crippen molar-refractivity contribution in [1.29, 1.82) is 0 Å². The molecule has 0 spiro atoms. The molecule has 1 aliphatic carbocycles. The third-order valence-corrected chi connectivity index (χ3v) is 7.38. The molecule has 0 saturated heterocycles. The predicted molar refractivity (Wildman–Crippen MR) is 181 cm³/mol. The van der Waals surface area contributed by atoms with Crippen LogP contribution in [0.5, 0.6) is 0 Å². The number of amides is 1. The van der Waals surface area contributed by atoms with Crippen molar-refractivity contribution in [2.75, 3.05) is 26.0 Å². The Morgan fingerprint density at radius 3 is 2.35 bits per heavy atom. The quantitative estimate of drug-likeness (QED) is 0.0819. The van der Waals surface area contributed by atoms with Gasteiger partial charge in [-0.05, 0) is 85.2 Å². The SMILES string of the molecule is [2H]c1c([2H])c(C([2H])([2H])Sc2nc(=O)c3c(n2C([2H])([2H])C(=O)N(C([2H])([2H])c2c([2H])c([2H])c(-c4c([2H])c([2H])c(C(F)(F)F)c(C)c4[2H])c([2H])c2[2H])C([2H])([2H])C([2H])([2H])N(CC)C([2H])([2H])C)CCC3)c([2H])c([2H])c1F. The molecule has 1 amide bonds. The van der Waals surface area contributed by atoms with E-state index >= 15 is 4.79 Å². The van der Waals surface area contributed by atoms with Crippen molar-refractivity contribution in [2.45, 2.75) is 70.1 Å². The molecule has 1 aromatic heterocycles. The van der Waals surface area contributed by atoms with Gasteiger partial charge in [-0.2, -0.15) is 18.2 Å². The van der Waals surface area contributed by atoms with Crippen molar-refractivity contribution in [1.82, 2.24) is 19.4 Å². The molecule has 6 nitrogen and oxygen atoms in total. The van der Waals surface area contributed by atoms with Gasteiger partial charge in [0, 0.05) is 44.7 Å². The average Bonchev–Trinajstić information content (AvgIpc) is 3.71. The van der Waals surface area contributed by atoms with Crippen LogP contribution in [0.1, 0.15) is 85.3 Å². The van der Waals surface area contributed by atoms with Gasteiger partial charge in [-0.15, -0.1) is 0 Å². The van der Waals surface area contributed by atoms with Crippen LogP contribution in [0.15, 0.2) is 76.4 Å². The van der Waals surface area contributed by atoms with Crippen LogP contribution in [0.25, 0.3) is 11.1 Å². The van der Waals surface area contributed by atoms with Gasteiger partial charge in [-0.3, -0.25) is 9.59 Å². The number of alkyl halides is 3. The maximum absolute atomic E-state index is 15.3. The van der Waals surface area contributed by atoms with Gasteiger partial charge in [0.05, 0.1) is 28.9 Å². The van der Waals surface area contributed by atoms with Crippen molar-refractivity contribution in [3.63, 3.8) is 0 Å². The largest absolute Gasteiger partial charge is 0.416 e. The van der Waals surface area contributed by atoms with E-state index in [-0.39, 0.29) is 46.1 Å². The zero-order chi connectivity index (χ0) is 54.8. The zero-order valence-electron chi connectivity index (χ0n) is 48.4. The number of likely N-dealkylation sites (N-methyl/N-ethyl adjacent to an activating group) is 1. The second-order valence-electron chi connectivity index (χ2n) is 9.76. The summed E-state index contributed by atoms with van der Waals surface area (Å²) in [6, 6.07) is -15.6. The van der Waals surface area contributed by atoms with Crippen molar-refractivity contribution >= 4 is 17.7 Å². The van der Waals surface area contributed by atoms with Crippen molar-refractivity contribution in [2.24, 2.45) is 0 Å². The fourth-order valence-electron chi connectivity index (χ4n) is 4.35. The Hall–Kier alpha value is -3.96. The Bertz CT molecular complexity index is 2860. The van der Waals surface area contributed by atoms with Gasteiger partial charge >= 0.3 is 6.18 Å². The highest BCUT2D eigenvalue weighted by Gasteiger charge is 2.32. The number of fused-ring (bicyclic) bond motifs is 1. The third kappa shape index (κ3) is 8.54. The molecular weight excluding hydrogens is 640 g/mol. The summed E-state index contributed by atoms with van der Waals surface area (Å²) in [5.41, 5.74) is -13.2. The first kappa shape index (κ1) is 16.2. The topological polar surface area (TPSA) is 58.4 Å². The lowest BCUT2D eigenvalue weighted by molar-refractivity contribution is -0.138. The molecule has 5 rings (SSSR count). The van der Waals surface area contributed by atoms with E-state index in [2.05, 4.69) is 4.98 Å². The average molecular weight is 704 g/mol. The molecule has 11 heteroatoms. The van der Waals surface area contributed by atoms with Gasteiger partial charge < -0.3 is 14.4 Å². The van der Waals surface area contributed by atoms with Gasteiger partial charge in [0.15, 0.2) is 5.16 Å². The van der Waals surface area contributed by atoms with E-state index in [0.29, 0.717) is 0 Å². The normalized spacial score (nSPS) is 21.5. The third-order valence-electron chi connectivity index (χ3n) is 6.62. The van der Waals surface area contributed by atoms with E-state index < -0.39 is 184 Å². The van der Waals surface area contributed by atoms with Gasteiger partial charge in [-0.1, -0.05) is 73.9 Å². The molecule has 0 saturated carbocycles. The van der Waals surface area contributed by atoms with Gasteiger partial charge in [0.2, 0.25) is 5.91 Å². The van der Waals surface area contributed by atoms with Crippen LogP contribution in [0.2, 0.25) is 0 Å². The molecule has 254 valence electrons. The number of benzene rings is 3. The van der Waals surface area contributed by atoms with E-state index in [4.69, 9.17) is 23.3 Å². The first-order chi connectivity index (χ1) is 32.0. The molecule has 1 aliphatic rings. The van der Waals surface area contributed by atoms with Crippen LogP contribution in [0.3, 0.4) is 0 Å². The molecule has 48 heavy (non-hydrogen) atoms. The lowest BCUT2D eigenvalue weighted by Crippen LogP contribution is -2.40. The lowest BCUT2D eigenvalue weighted by atomic mass is 9.98. The van der Waals surface area contributed by atoms with Crippen LogP contribution in [-0.2, 0) is 42.5 Å². The highest BCUT2D eigenvalue weighted by Crippen LogP contribution is 2.34. The molecular formula is C37H40F4N4O2S. The molecule has 1 heterocycles. The Morgan fingerprint density at radius 2 is 1.69 bits per heavy atom. The fourth-order valence-corrected chi connectivity index (χ4v) is 5.02. The first-order valence-corrected chi connectivity index (χ1v) is 14.9. The Morgan fingerprint density at radius 1 is 1.00 bits per heavy atom. The maximum Gasteiger partial charge on any atom is 0.416 e. The van der Waals surface area contributed by atoms with Gasteiger partial charge in [0.1, 0.15) is 12.3 Å². The van der Waals surface area contributed by atoms with Crippen LogP contribution in [-0.4, -0.2) is 51.3 Å². The van der Waals surface area contributed by atoms with Crippen LogP contribution in [0.4, 0.5) is 17.6 Å². The highest BCUT2D eigenvalue weighted by molar-refractivity contribution is 7.98. The number of thioether (sulfide) groups is 1. The molecule has 0 bridgehead atoms. The number of aromatic nitrogens is 2. The summed E-state index contributed by atoms with van der Waals surface area (Å²) in [5.74, 6) is -4.24. The molecule has 0 radical (unpaired) electrons. The lowest BCUT2D eigenvalue weighted by Gasteiger charge is -2.28. The monoisotopic (exact) mass is 703 g/mol. The van der Waals surface area contributed by atoms with Crippen molar-refractivity contribution in [3.05, 3.63) is 116 Å². The number of hydrogen-bond donors (Lipinski definition) is 0. The highest BCUT2D eigenvalue weighted by atomic mass is 32.2. The minimum absolute atomic E-state index is 0.00808. The van der Waals surface area contributed by atoms with E-state index in [1.165, 1.54) is 0 Å². The van der Waals surface area contributed by atoms with E-state index in [1.54, 1.807) is 0 Å². The summed E-state index contributed by atoms with van der Waals surface area (Å²) < 4.78 is 258. The van der Waals surface area contributed by atoms with Gasteiger partial charge in [-0.25, -0.2) is 4.39 Å². The summed E-state index contributed by atoms with van der Waals surface area (Å²) in [5, 5.41) is -1.18. The summed E-state index contributed by atoms with van der Waals surface area (Å²) in [6.07, 6.45) is -5.83. The summed E-state index contributed by atoms with van der Waals surface area (Å²) in [4.78, 5) is 31.8. The standard InChI is InChI=1S/C37H40F4N4O2S/c1-4-43(5-2)19-20-44(22-26-9-13-28(14-10-26)29-15-18-32(25(3)21-29)37(39,40)41)34(46)23-45-33-8-6-7-31(33)35(47)42-36(45)48-24-27-11-16-30(38)17-12-27/h9-18,21H,4-8,19-20,22-24H2,1-3H3/i4D2,9D,10D,11D,12D,13D,14D,15D,16D,17D,18D,19D2,20D2,21D,22D2,23D2,24D2. The molecule has 0 N–H and O–H groups in total. The van der Waals surface area contributed by atoms with E-state index in [0.717, 1.165) is 20.8 Å². The number of carbonyl (C=O) groups is 1. The molecule has 0 aliphatic heterocycles. The Kier molecular flexibility index (Phi) is 5.22. The first-order valence-electron chi connectivity index (χ1n) is 25.5. The van der Waals surface area contributed by atoms with Crippen LogP contribution >= 0.6 is 11.8 Å². The molecule has 4 aromatic rings. The number of rotatable bonds is 13. The van der Waals surface area contributed by atoms with Crippen LogP contribution < -0.4 is 5.56 Å². The number of carbonyl (C=O) groups excluding carboxylic acids is 1. The summed E-state index contributed by atoms with van der Waals surface area (Å²) in [7, 11) is 0. The Balaban J connectivity index is 1.89.